The van der Waals surface area contributed by atoms with Crippen molar-refractivity contribution in [2.45, 2.75) is 58.2 Å². The molecule has 0 bridgehead atoms. The number of ether oxygens (including phenoxy) is 1. The molecule has 1 atom stereocenters. The summed E-state index contributed by atoms with van der Waals surface area (Å²) in [5.74, 6) is -0.103. The topological polar surface area (TPSA) is 67.8 Å². The van der Waals surface area contributed by atoms with Crippen molar-refractivity contribution >= 4 is 5.97 Å². The summed E-state index contributed by atoms with van der Waals surface area (Å²) in [4.78, 5) is 18.1. The second-order valence-corrected chi connectivity index (χ2v) is 7.83. The molecule has 0 radical (unpaired) electrons. The van der Waals surface area contributed by atoms with Crippen molar-refractivity contribution in [3.63, 3.8) is 0 Å². The predicted molar refractivity (Wildman–Crippen MR) is 110 cm³/mol. The van der Waals surface area contributed by atoms with Crippen molar-refractivity contribution in [3.05, 3.63) is 65.7 Å². The summed E-state index contributed by atoms with van der Waals surface area (Å²) in [5.41, 5.74) is 4.67. The van der Waals surface area contributed by atoms with Gasteiger partial charge in [-0.1, -0.05) is 42.5 Å². The Morgan fingerprint density at radius 1 is 1.00 bits per heavy atom. The first-order chi connectivity index (χ1) is 13.3. The Labute approximate surface area is 167 Å². The Morgan fingerprint density at radius 3 is 2.29 bits per heavy atom. The van der Waals surface area contributed by atoms with Gasteiger partial charge in [-0.05, 0) is 69.7 Å². The number of nitrogens with one attached hydrogen (secondary N) is 1. The summed E-state index contributed by atoms with van der Waals surface area (Å²) in [5, 5.41) is 9.33. The zero-order valence-corrected chi connectivity index (χ0v) is 17.0. The Balaban J connectivity index is 1.82. The monoisotopic (exact) mass is 385 g/mol. The Morgan fingerprint density at radius 2 is 1.64 bits per heavy atom. The van der Waals surface area contributed by atoms with E-state index in [1.807, 2.05) is 51.1 Å². The van der Waals surface area contributed by atoms with Gasteiger partial charge >= 0.3 is 5.97 Å². The second kappa shape index (κ2) is 10.8. The quantitative estimate of drug-likeness (QED) is 0.365. The van der Waals surface area contributed by atoms with Crippen LogP contribution in [0.1, 0.15) is 44.7 Å². The summed E-state index contributed by atoms with van der Waals surface area (Å²) in [6.45, 7) is 6.11. The van der Waals surface area contributed by atoms with Crippen LogP contribution in [0.5, 0.6) is 5.75 Å². The Bertz CT molecular complexity index is 708. The first kappa shape index (κ1) is 21.9. The lowest BCUT2D eigenvalue weighted by molar-refractivity contribution is -0.174. The molecule has 0 aliphatic carbocycles. The largest absolute Gasteiger partial charge is 0.508 e. The van der Waals surface area contributed by atoms with Crippen molar-refractivity contribution < 1.29 is 19.5 Å². The minimum atomic E-state index is -0.650. The fourth-order valence-corrected chi connectivity index (χ4v) is 2.75. The van der Waals surface area contributed by atoms with Gasteiger partial charge in [-0.25, -0.2) is 10.3 Å². The van der Waals surface area contributed by atoms with E-state index in [1.165, 1.54) is 5.56 Å². The van der Waals surface area contributed by atoms with Crippen molar-refractivity contribution in [2.24, 2.45) is 0 Å². The summed E-state index contributed by atoms with van der Waals surface area (Å²) < 4.78 is 5.50. The average molecular weight is 386 g/mol. The summed E-state index contributed by atoms with van der Waals surface area (Å²) in [7, 11) is 0. The van der Waals surface area contributed by atoms with E-state index in [4.69, 9.17) is 9.57 Å². The zero-order chi connectivity index (χ0) is 20.4. The number of carbonyl (C=O) groups is 1. The van der Waals surface area contributed by atoms with E-state index in [2.05, 4.69) is 17.6 Å². The minimum absolute atomic E-state index is 0.247. The third-order valence-electron chi connectivity index (χ3n) is 4.12. The van der Waals surface area contributed by atoms with Gasteiger partial charge in [0.05, 0.1) is 0 Å². The summed E-state index contributed by atoms with van der Waals surface area (Å²) >= 11 is 0. The average Bonchev–Trinajstić information content (AvgIpc) is 2.64. The van der Waals surface area contributed by atoms with Crippen LogP contribution in [0.4, 0.5) is 0 Å². The van der Waals surface area contributed by atoms with Gasteiger partial charge in [0.25, 0.3) is 0 Å². The number of phenolic OH excluding ortho intramolecular Hbond substituents is 1. The molecule has 0 aromatic heterocycles. The molecule has 152 valence electrons. The summed E-state index contributed by atoms with van der Waals surface area (Å²) in [6.07, 6.45) is 2.37. The molecule has 0 fully saturated rings. The van der Waals surface area contributed by atoms with Gasteiger partial charge in [0.15, 0.2) is 6.10 Å². The fourth-order valence-electron chi connectivity index (χ4n) is 2.75. The molecule has 0 spiro atoms. The smallest absolute Gasteiger partial charge is 0.337 e. The molecular formula is C23H31NO4. The van der Waals surface area contributed by atoms with Gasteiger partial charge < -0.3 is 9.84 Å². The Hall–Kier alpha value is -2.37. The molecule has 0 saturated carbocycles. The first-order valence-electron chi connectivity index (χ1n) is 9.77. The van der Waals surface area contributed by atoms with Crippen LogP contribution in [-0.4, -0.2) is 29.3 Å². The third kappa shape index (κ3) is 8.55. The lowest BCUT2D eigenvalue weighted by Gasteiger charge is -2.24. The highest BCUT2D eigenvalue weighted by Gasteiger charge is 2.26. The van der Waals surface area contributed by atoms with Crippen LogP contribution in [-0.2, 0) is 27.2 Å². The minimum Gasteiger partial charge on any atom is -0.508 e. The molecule has 0 aliphatic rings. The molecule has 2 N–H and O–H groups in total. The van der Waals surface area contributed by atoms with Crippen LogP contribution in [0.15, 0.2) is 54.6 Å². The van der Waals surface area contributed by atoms with Crippen LogP contribution in [0.3, 0.4) is 0 Å². The molecule has 2 aromatic rings. The number of hydrogen-bond acceptors (Lipinski definition) is 5. The van der Waals surface area contributed by atoms with E-state index in [-0.39, 0.29) is 11.7 Å². The lowest BCUT2D eigenvalue weighted by Crippen LogP contribution is -2.37. The lowest BCUT2D eigenvalue weighted by atomic mass is 10.1. The van der Waals surface area contributed by atoms with Gasteiger partial charge in [-0.15, -0.1) is 0 Å². The number of aryl methyl sites for hydroxylation is 1. The van der Waals surface area contributed by atoms with Crippen molar-refractivity contribution in [1.82, 2.24) is 5.48 Å². The van der Waals surface area contributed by atoms with Crippen LogP contribution >= 0.6 is 0 Å². The van der Waals surface area contributed by atoms with Gasteiger partial charge in [0, 0.05) is 6.54 Å². The number of hydrogen-bond donors (Lipinski definition) is 2. The van der Waals surface area contributed by atoms with Crippen LogP contribution in [0.25, 0.3) is 0 Å². The van der Waals surface area contributed by atoms with Gasteiger partial charge in [0.1, 0.15) is 11.4 Å². The maximum Gasteiger partial charge on any atom is 0.337 e. The third-order valence-corrected chi connectivity index (χ3v) is 4.12. The van der Waals surface area contributed by atoms with Gasteiger partial charge in [0.2, 0.25) is 0 Å². The molecule has 0 amide bonds. The number of aromatic hydroxyl groups is 1. The molecule has 2 aromatic carbocycles. The first-order valence-corrected chi connectivity index (χ1v) is 9.77. The van der Waals surface area contributed by atoms with Gasteiger partial charge in [-0.2, -0.15) is 0 Å². The molecule has 0 aliphatic heterocycles. The highest BCUT2D eigenvalue weighted by atomic mass is 16.7. The van der Waals surface area contributed by atoms with E-state index in [0.29, 0.717) is 13.0 Å². The number of carbonyl (C=O) groups excluding carboxylic acids is 1. The number of phenols is 1. The zero-order valence-electron chi connectivity index (χ0n) is 17.0. The van der Waals surface area contributed by atoms with Crippen LogP contribution in [0.2, 0.25) is 0 Å². The molecule has 0 heterocycles. The van der Waals surface area contributed by atoms with Crippen molar-refractivity contribution in [1.29, 1.82) is 0 Å². The van der Waals surface area contributed by atoms with Crippen LogP contribution in [0, 0.1) is 0 Å². The van der Waals surface area contributed by atoms with E-state index in [9.17, 15) is 9.90 Å². The normalized spacial score (nSPS) is 12.5. The number of rotatable bonds is 10. The highest BCUT2D eigenvalue weighted by molar-refractivity contribution is 5.75. The van der Waals surface area contributed by atoms with Crippen LogP contribution < -0.4 is 5.48 Å². The molecule has 5 nitrogen and oxygen atoms in total. The number of benzene rings is 2. The second-order valence-electron chi connectivity index (χ2n) is 7.83. The van der Waals surface area contributed by atoms with E-state index >= 15 is 0 Å². The number of hydroxylamine groups is 1. The standard InChI is InChI=1S/C23H31NO4/c1-23(2,3)27-22(26)21(11-7-10-18-8-5-4-6-9-18)28-24-17-16-19-12-14-20(25)15-13-19/h4-6,8-9,12-15,21,24-25H,7,10-11,16-17H2,1-3H3. The van der Waals surface area contributed by atoms with E-state index in [1.54, 1.807) is 12.1 Å². The number of esters is 1. The molecule has 0 saturated heterocycles. The molecule has 5 heteroatoms. The van der Waals surface area contributed by atoms with Crippen molar-refractivity contribution in [3.8, 4) is 5.75 Å². The fraction of sp³-hybridized carbons (Fsp3) is 0.435. The van der Waals surface area contributed by atoms with E-state index in [0.717, 1.165) is 24.8 Å². The maximum atomic E-state index is 12.5. The molecule has 2 rings (SSSR count). The SMILES string of the molecule is CC(C)(C)OC(=O)C(CCCc1ccccc1)ONCCc1ccc(O)cc1. The molecular weight excluding hydrogens is 354 g/mol. The molecule has 1 unspecified atom stereocenters. The Kier molecular flexibility index (Phi) is 8.48. The van der Waals surface area contributed by atoms with Crippen molar-refractivity contribution in [2.75, 3.05) is 6.54 Å². The molecule has 28 heavy (non-hydrogen) atoms. The van der Waals surface area contributed by atoms with Gasteiger partial charge in [-0.3, -0.25) is 4.84 Å². The van der Waals surface area contributed by atoms with E-state index < -0.39 is 11.7 Å². The summed E-state index contributed by atoms with van der Waals surface area (Å²) in [6, 6.07) is 17.2. The highest BCUT2D eigenvalue weighted by Crippen LogP contribution is 2.14. The predicted octanol–water partition coefficient (Wildman–Crippen LogP) is 4.19. The maximum absolute atomic E-state index is 12.5.